The molecule has 2 heterocycles. The van der Waals surface area contributed by atoms with Crippen molar-refractivity contribution in [2.75, 3.05) is 13.1 Å². The lowest BCUT2D eigenvalue weighted by atomic mass is 10.1. The summed E-state index contributed by atoms with van der Waals surface area (Å²) in [7, 11) is -3.60. The number of rotatable bonds is 4. The number of aromatic nitrogens is 1. The molecule has 7 nitrogen and oxygen atoms in total. The van der Waals surface area contributed by atoms with E-state index in [1.54, 1.807) is 0 Å². The molecule has 1 amide bonds. The molecule has 0 radical (unpaired) electrons. The third-order valence-corrected chi connectivity index (χ3v) is 6.08. The Morgan fingerprint density at radius 2 is 1.88 bits per heavy atom. The van der Waals surface area contributed by atoms with Gasteiger partial charge in [-0.05, 0) is 44.9 Å². The van der Waals surface area contributed by atoms with Crippen molar-refractivity contribution in [3.05, 3.63) is 40.2 Å². The summed E-state index contributed by atoms with van der Waals surface area (Å²) in [5.74, 6) is -0.401. The summed E-state index contributed by atoms with van der Waals surface area (Å²) < 4.78 is 27.0. The fraction of sp³-hybridized carbons (Fsp3) is 0.412. The first-order valence-corrected chi connectivity index (χ1v) is 9.71. The zero-order valence-electron chi connectivity index (χ0n) is 14.2. The minimum atomic E-state index is -3.60. The summed E-state index contributed by atoms with van der Waals surface area (Å²) in [6.07, 6.45) is 1.70. The Bertz CT molecular complexity index is 973. The van der Waals surface area contributed by atoms with Crippen LogP contribution in [-0.4, -0.2) is 42.7 Å². The summed E-state index contributed by atoms with van der Waals surface area (Å²) >= 11 is 0. The van der Waals surface area contributed by atoms with Gasteiger partial charge in [0, 0.05) is 36.1 Å². The highest BCUT2D eigenvalue weighted by Crippen LogP contribution is 2.25. The SMILES string of the molecule is CC(C)NC(=O)c1cc(=O)[nH]c2ccc(S(=O)(=O)N3CCCC3)cc12. The van der Waals surface area contributed by atoms with Crippen LogP contribution in [0.15, 0.2) is 34.0 Å². The van der Waals surface area contributed by atoms with Gasteiger partial charge in [-0.15, -0.1) is 0 Å². The van der Waals surface area contributed by atoms with E-state index in [2.05, 4.69) is 10.3 Å². The van der Waals surface area contributed by atoms with Gasteiger partial charge in [-0.1, -0.05) is 0 Å². The third-order valence-electron chi connectivity index (χ3n) is 4.18. The summed E-state index contributed by atoms with van der Waals surface area (Å²) in [5.41, 5.74) is 0.198. The Balaban J connectivity index is 2.14. The van der Waals surface area contributed by atoms with Crippen molar-refractivity contribution in [1.82, 2.24) is 14.6 Å². The number of hydrogen-bond acceptors (Lipinski definition) is 4. The fourth-order valence-electron chi connectivity index (χ4n) is 3.00. The van der Waals surface area contributed by atoms with Crippen LogP contribution in [0.2, 0.25) is 0 Å². The van der Waals surface area contributed by atoms with Gasteiger partial charge in [0.05, 0.1) is 10.5 Å². The Morgan fingerprint density at radius 1 is 1.20 bits per heavy atom. The van der Waals surface area contributed by atoms with E-state index in [0.717, 1.165) is 12.8 Å². The van der Waals surface area contributed by atoms with E-state index >= 15 is 0 Å². The number of benzene rings is 1. The molecule has 0 saturated carbocycles. The molecule has 134 valence electrons. The van der Waals surface area contributed by atoms with E-state index in [1.165, 1.54) is 28.6 Å². The molecule has 0 bridgehead atoms. The molecular weight excluding hydrogens is 342 g/mol. The van der Waals surface area contributed by atoms with Gasteiger partial charge < -0.3 is 10.3 Å². The van der Waals surface area contributed by atoms with Gasteiger partial charge in [-0.2, -0.15) is 4.31 Å². The molecular formula is C17H21N3O4S. The van der Waals surface area contributed by atoms with E-state index in [4.69, 9.17) is 0 Å². The minimum absolute atomic E-state index is 0.0987. The van der Waals surface area contributed by atoms with Crippen LogP contribution in [-0.2, 0) is 10.0 Å². The smallest absolute Gasteiger partial charge is 0.252 e. The second-order valence-corrected chi connectivity index (χ2v) is 8.43. The largest absolute Gasteiger partial charge is 0.350 e. The molecule has 0 atom stereocenters. The molecule has 1 aliphatic rings. The van der Waals surface area contributed by atoms with Crippen molar-refractivity contribution in [2.45, 2.75) is 37.6 Å². The van der Waals surface area contributed by atoms with Crippen LogP contribution in [0.3, 0.4) is 0 Å². The summed E-state index contributed by atoms with van der Waals surface area (Å²) in [4.78, 5) is 27.0. The van der Waals surface area contributed by atoms with Crippen LogP contribution in [0.1, 0.15) is 37.0 Å². The maximum Gasteiger partial charge on any atom is 0.252 e. The molecule has 3 rings (SSSR count). The summed E-state index contributed by atoms with van der Waals surface area (Å²) in [6, 6.07) is 5.57. The van der Waals surface area contributed by atoms with Gasteiger partial charge in [0.2, 0.25) is 15.6 Å². The topological polar surface area (TPSA) is 99.3 Å². The fourth-order valence-corrected chi connectivity index (χ4v) is 4.54. The number of sulfonamides is 1. The number of aromatic amines is 1. The monoisotopic (exact) mass is 363 g/mol. The van der Waals surface area contributed by atoms with Crippen molar-refractivity contribution in [1.29, 1.82) is 0 Å². The molecule has 1 aromatic carbocycles. The van der Waals surface area contributed by atoms with Gasteiger partial charge in [0.15, 0.2) is 0 Å². The van der Waals surface area contributed by atoms with Crippen LogP contribution in [0, 0.1) is 0 Å². The number of amides is 1. The third kappa shape index (κ3) is 3.45. The van der Waals surface area contributed by atoms with Crippen LogP contribution in [0.5, 0.6) is 0 Å². The first-order chi connectivity index (χ1) is 11.8. The number of nitrogens with zero attached hydrogens (tertiary/aromatic N) is 1. The van der Waals surface area contributed by atoms with Crippen molar-refractivity contribution in [3.8, 4) is 0 Å². The normalized spacial score (nSPS) is 15.8. The van der Waals surface area contributed by atoms with E-state index in [1.807, 2.05) is 13.8 Å². The lowest BCUT2D eigenvalue weighted by Crippen LogP contribution is -2.31. The van der Waals surface area contributed by atoms with Crippen molar-refractivity contribution < 1.29 is 13.2 Å². The van der Waals surface area contributed by atoms with Crippen LogP contribution < -0.4 is 10.9 Å². The van der Waals surface area contributed by atoms with Crippen LogP contribution in [0.4, 0.5) is 0 Å². The number of carbonyl (C=O) groups is 1. The summed E-state index contributed by atoms with van der Waals surface area (Å²) in [6.45, 7) is 4.65. The molecule has 0 aliphatic carbocycles. The quantitative estimate of drug-likeness (QED) is 0.859. The lowest BCUT2D eigenvalue weighted by molar-refractivity contribution is 0.0944. The zero-order valence-corrected chi connectivity index (χ0v) is 15.0. The molecule has 1 aromatic heterocycles. The van der Waals surface area contributed by atoms with Crippen molar-refractivity contribution in [3.63, 3.8) is 0 Å². The van der Waals surface area contributed by atoms with Crippen LogP contribution >= 0.6 is 0 Å². The zero-order chi connectivity index (χ0) is 18.2. The first-order valence-electron chi connectivity index (χ1n) is 8.27. The molecule has 0 spiro atoms. The van der Waals surface area contributed by atoms with Crippen molar-refractivity contribution in [2.24, 2.45) is 0 Å². The number of hydrogen-bond donors (Lipinski definition) is 2. The molecule has 1 saturated heterocycles. The molecule has 1 fully saturated rings. The van der Waals surface area contributed by atoms with Gasteiger partial charge in [0.25, 0.3) is 5.91 Å². The van der Waals surface area contributed by atoms with Gasteiger partial charge in [-0.3, -0.25) is 9.59 Å². The molecule has 25 heavy (non-hydrogen) atoms. The Hall–Kier alpha value is -2.19. The number of nitrogens with one attached hydrogen (secondary N) is 2. The Morgan fingerprint density at radius 3 is 2.52 bits per heavy atom. The average Bonchev–Trinajstić information content (AvgIpc) is 3.08. The predicted molar refractivity (Wildman–Crippen MR) is 95.2 cm³/mol. The molecule has 2 aromatic rings. The maximum atomic E-state index is 12.8. The maximum absolute atomic E-state index is 12.8. The number of H-pyrrole nitrogens is 1. The highest BCUT2D eigenvalue weighted by Gasteiger charge is 2.27. The molecule has 8 heteroatoms. The highest BCUT2D eigenvalue weighted by atomic mass is 32.2. The summed E-state index contributed by atoms with van der Waals surface area (Å²) in [5, 5.41) is 3.15. The van der Waals surface area contributed by atoms with Gasteiger partial charge >= 0.3 is 0 Å². The lowest BCUT2D eigenvalue weighted by Gasteiger charge is -2.16. The van der Waals surface area contributed by atoms with E-state index < -0.39 is 21.5 Å². The van der Waals surface area contributed by atoms with E-state index in [9.17, 15) is 18.0 Å². The van der Waals surface area contributed by atoms with E-state index in [0.29, 0.717) is 24.0 Å². The average molecular weight is 363 g/mol. The van der Waals surface area contributed by atoms with Gasteiger partial charge in [-0.25, -0.2) is 8.42 Å². The molecule has 0 unspecified atom stereocenters. The van der Waals surface area contributed by atoms with E-state index in [-0.39, 0.29) is 16.5 Å². The Kier molecular flexibility index (Phi) is 4.66. The Labute approximate surface area is 146 Å². The number of pyridine rings is 1. The van der Waals surface area contributed by atoms with Gasteiger partial charge in [0.1, 0.15) is 0 Å². The number of carbonyl (C=O) groups excluding carboxylic acids is 1. The second kappa shape index (κ2) is 6.61. The van der Waals surface area contributed by atoms with Crippen molar-refractivity contribution >= 4 is 26.8 Å². The minimum Gasteiger partial charge on any atom is -0.350 e. The predicted octanol–water partition coefficient (Wildman–Crippen LogP) is 1.45. The standard InChI is InChI=1S/C17H21N3O4S/c1-11(2)18-17(22)14-10-16(21)19-15-6-5-12(9-13(14)15)25(23,24)20-7-3-4-8-20/h5-6,9-11H,3-4,7-8H2,1-2H3,(H,18,22)(H,19,21). The molecule has 2 N–H and O–H groups in total. The molecule has 1 aliphatic heterocycles. The second-order valence-electron chi connectivity index (χ2n) is 6.49. The first kappa shape index (κ1) is 17.6. The number of fused-ring (bicyclic) bond motifs is 1. The van der Waals surface area contributed by atoms with Crippen LogP contribution in [0.25, 0.3) is 10.9 Å². The highest BCUT2D eigenvalue weighted by molar-refractivity contribution is 7.89.